The fraction of sp³-hybridized carbons (Fsp3) is 0.0417. The molecule has 0 saturated heterocycles. The van der Waals surface area contributed by atoms with Crippen LogP contribution in [-0.2, 0) is 7.05 Å². The molecule has 2 nitrogen and oxygen atoms in total. The molecule has 26 heavy (non-hydrogen) atoms. The topological polar surface area (TPSA) is 8.81 Å². The predicted molar refractivity (Wildman–Crippen MR) is 105 cm³/mol. The minimum atomic E-state index is 1.10. The molecule has 0 fully saturated rings. The van der Waals surface area contributed by atoms with Gasteiger partial charge < -0.3 is 9.13 Å². The van der Waals surface area contributed by atoms with Crippen LogP contribution in [-0.4, -0.2) is 4.57 Å². The molecule has 1 heterocycles. The van der Waals surface area contributed by atoms with Crippen LogP contribution in [0.3, 0.4) is 0 Å². The van der Waals surface area contributed by atoms with Gasteiger partial charge in [-0.3, -0.25) is 0 Å². The van der Waals surface area contributed by atoms with Crippen molar-refractivity contribution >= 4 is 28.9 Å². The van der Waals surface area contributed by atoms with Crippen molar-refractivity contribution in [1.82, 2.24) is 4.57 Å². The van der Waals surface area contributed by atoms with Gasteiger partial charge in [0.15, 0.2) is 0 Å². The SMILES string of the molecule is Cn1[c-][n+](C2=CC=c3ccccc3=c3ccccc3=C2)c2ccccc21. The standard InChI is InChI=1S/C24H18N2/c1-25-17-26(24-13-7-6-12-23(24)25)20-15-14-18-8-2-4-10-21(18)22-11-5-3-9-19(22)16-20/h2-16H,1H3. The zero-order valence-corrected chi connectivity index (χ0v) is 14.6. The Kier molecular flexibility index (Phi) is 3.36. The molecule has 1 aromatic heterocycles. The molecule has 4 aromatic rings. The summed E-state index contributed by atoms with van der Waals surface area (Å²) in [5.74, 6) is 0. The fourth-order valence-electron chi connectivity index (χ4n) is 3.67. The number of nitrogens with zero attached hydrogens (tertiary/aromatic N) is 2. The van der Waals surface area contributed by atoms with E-state index in [1.54, 1.807) is 0 Å². The van der Waals surface area contributed by atoms with Gasteiger partial charge in [0.1, 0.15) is 0 Å². The molecule has 0 radical (unpaired) electrons. The molecule has 5 rings (SSSR count). The molecule has 0 saturated carbocycles. The van der Waals surface area contributed by atoms with Crippen LogP contribution in [0.5, 0.6) is 0 Å². The minimum Gasteiger partial charge on any atom is -0.319 e. The first kappa shape index (κ1) is 14.9. The van der Waals surface area contributed by atoms with Crippen LogP contribution in [0, 0.1) is 16.8 Å². The Bertz CT molecular complexity index is 1390. The van der Waals surface area contributed by atoms with E-state index < -0.39 is 0 Å². The number of hydrogen-bond donors (Lipinski definition) is 0. The largest absolute Gasteiger partial charge is 0.319 e. The summed E-state index contributed by atoms with van der Waals surface area (Å²) in [6.45, 7) is 0. The van der Waals surface area contributed by atoms with Crippen LogP contribution in [0.1, 0.15) is 0 Å². The van der Waals surface area contributed by atoms with Crippen molar-refractivity contribution in [2.24, 2.45) is 7.05 Å². The first-order valence-corrected chi connectivity index (χ1v) is 8.79. The highest BCUT2D eigenvalue weighted by atomic mass is 15.1. The summed E-state index contributed by atoms with van der Waals surface area (Å²) in [4.78, 5) is 0. The number of hydrogen-bond acceptors (Lipinski definition) is 0. The van der Waals surface area contributed by atoms with Gasteiger partial charge >= 0.3 is 0 Å². The van der Waals surface area contributed by atoms with E-state index in [2.05, 4.69) is 102 Å². The summed E-state index contributed by atoms with van der Waals surface area (Å²) < 4.78 is 4.18. The quantitative estimate of drug-likeness (QED) is 0.374. The molecule has 0 aliphatic heterocycles. The number of aromatic nitrogens is 2. The molecule has 3 aromatic carbocycles. The summed E-state index contributed by atoms with van der Waals surface area (Å²) in [5.41, 5.74) is 3.42. The van der Waals surface area contributed by atoms with Crippen LogP contribution in [0.4, 0.5) is 0 Å². The molecule has 0 N–H and O–H groups in total. The molecule has 124 valence electrons. The number of fused-ring (bicyclic) bond motifs is 3. The molecule has 0 bridgehead atoms. The van der Waals surface area contributed by atoms with Crippen molar-refractivity contribution in [2.45, 2.75) is 0 Å². The highest BCUT2D eigenvalue weighted by molar-refractivity contribution is 5.79. The van der Waals surface area contributed by atoms with Gasteiger partial charge in [-0.1, -0.05) is 84.9 Å². The van der Waals surface area contributed by atoms with Gasteiger partial charge in [0.25, 0.3) is 0 Å². The van der Waals surface area contributed by atoms with Gasteiger partial charge in [-0.25, -0.2) is 0 Å². The Morgan fingerprint density at radius 1 is 0.731 bits per heavy atom. The average molecular weight is 334 g/mol. The van der Waals surface area contributed by atoms with E-state index in [4.69, 9.17) is 0 Å². The van der Waals surface area contributed by atoms with Crippen molar-refractivity contribution in [2.75, 3.05) is 0 Å². The number of rotatable bonds is 1. The maximum Gasteiger partial charge on any atom is 0.244 e. The smallest absolute Gasteiger partial charge is 0.244 e. The summed E-state index contributed by atoms with van der Waals surface area (Å²) >= 11 is 0. The predicted octanol–water partition coefficient (Wildman–Crippen LogP) is 2.67. The summed E-state index contributed by atoms with van der Waals surface area (Å²) in [6, 6.07) is 25.5. The van der Waals surface area contributed by atoms with E-state index in [9.17, 15) is 0 Å². The Morgan fingerprint density at radius 2 is 1.38 bits per heavy atom. The molecule has 1 aliphatic rings. The Labute approximate surface area is 151 Å². The molecular weight excluding hydrogens is 316 g/mol. The second-order valence-corrected chi connectivity index (χ2v) is 6.56. The van der Waals surface area contributed by atoms with Gasteiger partial charge in [-0.15, -0.1) is 0 Å². The van der Waals surface area contributed by atoms with Gasteiger partial charge in [0.2, 0.25) is 6.33 Å². The molecule has 1 aliphatic carbocycles. The zero-order chi connectivity index (χ0) is 17.5. The Hall–Kier alpha value is -3.39. The normalized spacial score (nSPS) is 12.9. The second-order valence-electron chi connectivity index (χ2n) is 6.56. The van der Waals surface area contributed by atoms with Crippen molar-refractivity contribution in [3.05, 3.63) is 106 Å². The molecule has 0 unspecified atom stereocenters. The summed E-state index contributed by atoms with van der Waals surface area (Å²) in [7, 11) is 2.04. The van der Waals surface area contributed by atoms with E-state index >= 15 is 0 Å². The Morgan fingerprint density at radius 3 is 2.23 bits per heavy atom. The highest BCUT2D eigenvalue weighted by Gasteiger charge is 2.07. The summed E-state index contributed by atoms with van der Waals surface area (Å²) in [6.07, 6.45) is 10.1. The van der Waals surface area contributed by atoms with Gasteiger partial charge in [0, 0.05) is 0 Å². The lowest BCUT2D eigenvalue weighted by Crippen LogP contribution is -2.31. The number of allylic oxidation sites excluding steroid dienone is 2. The summed E-state index contributed by atoms with van der Waals surface area (Å²) in [5, 5.41) is 4.96. The zero-order valence-electron chi connectivity index (χ0n) is 14.6. The first-order chi connectivity index (χ1) is 12.8. The first-order valence-electron chi connectivity index (χ1n) is 8.79. The second kappa shape index (κ2) is 5.85. The van der Waals surface area contributed by atoms with Crippen LogP contribution in [0.15, 0.2) is 78.9 Å². The Balaban J connectivity index is 1.91. The fourth-order valence-corrected chi connectivity index (χ4v) is 3.67. The number of para-hydroxylation sites is 2. The van der Waals surface area contributed by atoms with Gasteiger partial charge in [-0.2, -0.15) is 0 Å². The highest BCUT2D eigenvalue weighted by Crippen LogP contribution is 2.12. The van der Waals surface area contributed by atoms with E-state index in [-0.39, 0.29) is 0 Å². The van der Waals surface area contributed by atoms with Crippen LogP contribution in [0.2, 0.25) is 0 Å². The maximum absolute atomic E-state index is 3.44. The number of aryl methyl sites for hydroxylation is 1. The van der Waals surface area contributed by atoms with E-state index in [0.717, 1.165) is 16.7 Å². The van der Waals surface area contributed by atoms with Crippen LogP contribution >= 0.6 is 0 Å². The van der Waals surface area contributed by atoms with E-state index in [1.165, 1.54) is 20.9 Å². The lowest BCUT2D eigenvalue weighted by molar-refractivity contribution is -0.553. The minimum absolute atomic E-state index is 1.10. The third-order valence-corrected chi connectivity index (χ3v) is 4.94. The monoisotopic (exact) mass is 334 g/mol. The van der Waals surface area contributed by atoms with E-state index in [0.29, 0.717) is 0 Å². The van der Waals surface area contributed by atoms with Crippen LogP contribution in [0.25, 0.3) is 28.9 Å². The number of imidazole rings is 1. The van der Waals surface area contributed by atoms with Crippen LogP contribution < -0.4 is 15.0 Å². The molecule has 0 amide bonds. The van der Waals surface area contributed by atoms with Crippen molar-refractivity contribution in [1.29, 1.82) is 0 Å². The maximum atomic E-state index is 3.44. The van der Waals surface area contributed by atoms with Crippen molar-refractivity contribution in [3.63, 3.8) is 0 Å². The lowest BCUT2D eigenvalue weighted by atomic mass is 10.1. The lowest BCUT2D eigenvalue weighted by Gasteiger charge is -2.07. The van der Waals surface area contributed by atoms with Crippen molar-refractivity contribution < 1.29 is 4.57 Å². The van der Waals surface area contributed by atoms with Crippen molar-refractivity contribution in [3.8, 4) is 0 Å². The molecular formula is C24H18N2. The molecule has 2 heteroatoms. The number of benzene rings is 3. The molecule has 0 spiro atoms. The average Bonchev–Trinajstić information content (AvgIpc) is 3.01. The third-order valence-electron chi connectivity index (χ3n) is 4.94. The third kappa shape index (κ3) is 2.31. The van der Waals surface area contributed by atoms with Gasteiger partial charge in [0.05, 0.1) is 23.8 Å². The molecule has 0 atom stereocenters. The van der Waals surface area contributed by atoms with Gasteiger partial charge in [-0.05, 0) is 27.0 Å². The van der Waals surface area contributed by atoms with E-state index in [1.807, 2.05) is 11.6 Å².